The summed E-state index contributed by atoms with van der Waals surface area (Å²) in [6.45, 7) is 1.51. The number of carbonyl (C=O) groups excluding carboxylic acids is 1. The van der Waals surface area contributed by atoms with E-state index >= 15 is 0 Å². The van der Waals surface area contributed by atoms with Crippen molar-refractivity contribution in [1.29, 1.82) is 0 Å². The number of benzene rings is 2. The van der Waals surface area contributed by atoms with E-state index in [0.717, 1.165) is 0 Å². The number of hydrogen-bond acceptors (Lipinski definition) is 5. The van der Waals surface area contributed by atoms with Crippen LogP contribution in [-0.2, 0) is 11.2 Å². The van der Waals surface area contributed by atoms with Crippen LogP contribution in [0.1, 0.15) is 11.1 Å². The number of amides is 1. The van der Waals surface area contributed by atoms with Crippen LogP contribution in [0.2, 0.25) is 5.02 Å². The highest BCUT2D eigenvalue weighted by atomic mass is 35.5. The highest BCUT2D eigenvalue weighted by molar-refractivity contribution is 6.32. The standard InChI is InChI=1S/C18H14ClF2N3O4/c1-7-2-3-8(13(20)17(7)26)15-10(6-12(25)24-28)16(23-22-15)9-4-5-11(19)18(27)14(9)21/h2-5,26-28H,6H2,1H3,(H,22,23)(H,24,25). The number of phenolic OH excluding ortho intramolecular Hbond substituents is 2. The Labute approximate surface area is 162 Å². The third-order valence-electron chi connectivity index (χ3n) is 4.24. The summed E-state index contributed by atoms with van der Waals surface area (Å²) in [6.07, 6.45) is -0.491. The van der Waals surface area contributed by atoms with Gasteiger partial charge in [-0.3, -0.25) is 15.1 Å². The molecule has 146 valence electrons. The zero-order chi connectivity index (χ0) is 20.6. The molecular weight excluding hydrogens is 396 g/mol. The number of carbonyl (C=O) groups is 1. The van der Waals surface area contributed by atoms with Gasteiger partial charge in [0.25, 0.3) is 0 Å². The topological polar surface area (TPSA) is 118 Å². The van der Waals surface area contributed by atoms with Crippen LogP contribution in [0.15, 0.2) is 24.3 Å². The average molecular weight is 410 g/mol. The van der Waals surface area contributed by atoms with Crippen LogP contribution in [0.4, 0.5) is 8.78 Å². The summed E-state index contributed by atoms with van der Waals surface area (Å²) in [5.41, 5.74) is 1.38. The number of hydroxylamine groups is 1. The molecule has 5 N–H and O–H groups in total. The van der Waals surface area contributed by atoms with Gasteiger partial charge in [-0.15, -0.1) is 0 Å². The number of rotatable bonds is 4. The third kappa shape index (κ3) is 3.25. The second-order valence-electron chi connectivity index (χ2n) is 5.99. The highest BCUT2D eigenvalue weighted by Crippen LogP contribution is 2.39. The Bertz CT molecular complexity index is 1010. The second kappa shape index (κ2) is 7.45. The molecule has 0 fully saturated rings. The van der Waals surface area contributed by atoms with E-state index in [2.05, 4.69) is 10.2 Å². The van der Waals surface area contributed by atoms with Crippen molar-refractivity contribution in [2.75, 3.05) is 0 Å². The van der Waals surface area contributed by atoms with Gasteiger partial charge in [0.15, 0.2) is 23.1 Å². The summed E-state index contributed by atoms with van der Waals surface area (Å²) < 4.78 is 29.1. The lowest BCUT2D eigenvalue weighted by molar-refractivity contribution is -0.128. The first-order valence-corrected chi connectivity index (χ1v) is 8.30. The number of phenols is 2. The van der Waals surface area contributed by atoms with Crippen molar-refractivity contribution in [2.45, 2.75) is 13.3 Å². The van der Waals surface area contributed by atoms with Crippen LogP contribution < -0.4 is 5.48 Å². The predicted molar refractivity (Wildman–Crippen MR) is 96.1 cm³/mol. The van der Waals surface area contributed by atoms with E-state index < -0.39 is 35.5 Å². The molecule has 0 aliphatic carbocycles. The lowest BCUT2D eigenvalue weighted by Gasteiger charge is -2.10. The molecule has 3 rings (SSSR count). The molecule has 0 unspecified atom stereocenters. The maximum absolute atomic E-state index is 14.6. The van der Waals surface area contributed by atoms with Gasteiger partial charge in [-0.1, -0.05) is 17.7 Å². The number of hydrogen-bond donors (Lipinski definition) is 5. The Balaban J connectivity index is 2.26. The molecule has 1 aromatic heterocycles. The molecule has 0 bridgehead atoms. The molecule has 1 heterocycles. The summed E-state index contributed by atoms with van der Waals surface area (Å²) in [4.78, 5) is 11.7. The Hall–Kier alpha value is -3.17. The maximum atomic E-state index is 14.6. The van der Waals surface area contributed by atoms with Gasteiger partial charge in [-0.05, 0) is 30.7 Å². The monoisotopic (exact) mass is 409 g/mol. The van der Waals surface area contributed by atoms with E-state index in [9.17, 15) is 23.8 Å². The first-order chi connectivity index (χ1) is 13.3. The van der Waals surface area contributed by atoms with Gasteiger partial charge in [-0.25, -0.2) is 14.3 Å². The Morgan fingerprint density at radius 1 is 1.14 bits per heavy atom. The van der Waals surface area contributed by atoms with Gasteiger partial charge in [0.05, 0.1) is 22.8 Å². The molecular formula is C18H14ClF2N3O4. The minimum absolute atomic E-state index is 0.000222. The molecule has 0 atom stereocenters. The van der Waals surface area contributed by atoms with Crippen molar-refractivity contribution in [3.8, 4) is 34.0 Å². The Morgan fingerprint density at radius 2 is 1.79 bits per heavy atom. The summed E-state index contributed by atoms with van der Waals surface area (Å²) in [6, 6.07) is 5.29. The molecule has 28 heavy (non-hydrogen) atoms. The van der Waals surface area contributed by atoms with Crippen molar-refractivity contribution in [3.63, 3.8) is 0 Å². The van der Waals surface area contributed by atoms with Gasteiger partial charge in [0.1, 0.15) is 0 Å². The lowest BCUT2D eigenvalue weighted by atomic mass is 9.97. The van der Waals surface area contributed by atoms with Crippen molar-refractivity contribution in [2.24, 2.45) is 0 Å². The van der Waals surface area contributed by atoms with E-state index in [1.165, 1.54) is 36.7 Å². The first-order valence-electron chi connectivity index (χ1n) is 7.92. The summed E-state index contributed by atoms with van der Waals surface area (Å²) >= 11 is 5.68. The van der Waals surface area contributed by atoms with E-state index in [-0.39, 0.29) is 33.1 Å². The van der Waals surface area contributed by atoms with Gasteiger partial charge < -0.3 is 10.2 Å². The number of nitrogens with zero attached hydrogens (tertiary/aromatic N) is 1. The SMILES string of the molecule is Cc1ccc(-c2[nH]nc(-c3ccc(Cl)c(O)c3F)c2CC(=O)NO)c(F)c1O. The largest absolute Gasteiger partial charge is 0.505 e. The van der Waals surface area contributed by atoms with Crippen LogP contribution >= 0.6 is 11.6 Å². The summed E-state index contributed by atoms with van der Waals surface area (Å²) in [5.74, 6) is -4.29. The minimum Gasteiger partial charge on any atom is -0.505 e. The molecule has 1 amide bonds. The molecule has 0 radical (unpaired) electrons. The highest BCUT2D eigenvalue weighted by Gasteiger charge is 2.25. The van der Waals surface area contributed by atoms with Crippen LogP contribution in [-0.4, -0.2) is 31.5 Å². The average Bonchev–Trinajstić information content (AvgIpc) is 3.07. The normalized spacial score (nSPS) is 10.9. The maximum Gasteiger partial charge on any atom is 0.247 e. The minimum atomic E-state index is -1.08. The molecule has 0 spiro atoms. The number of nitrogens with one attached hydrogen (secondary N) is 2. The van der Waals surface area contributed by atoms with Crippen molar-refractivity contribution in [3.05, 3.63) is 52.0 Å². The summed E-state index contributed by atoms with van der Waals surface area (Å²) in [7, 11) is 0. The second-order valence-corrected chi connectivity index (χ2v) is 6.39. The molecule has 0 aliphatic rings. The predicted octanol–water partition coefficient (Wildman–Crippen LogP) is 3.44. The number of H-pyrrole nitrogens is 1. The van der Waals surface area contributed by atoms with Crippen LogP contribution in [0.25, 0.3) is 22.5 Å². The van der Waals surface area contributed by atoms with Crippen molar-refractivity contribution < 1.29 is 29.0 Å². The van der Waals surface area contributed by atoms with E-state index in [1.54, 1.807) is 0 Å². The molecule has 0 aliphatic heterocycles. The van der Waals surface area contributed by atoms with Crippen molar-refractivity contribution >= 4 is 17.5 Å². The molecule has 10 heteroatoms. The van der Waals surface area contributed by atoms with E-state index in [1.807, 2.05) is 0 Å². The summed E-state index contributed by atoms with van der Waals surface area (Å²) in [5, 5.41) is 34.7. The fourth-order valence-corrected chi connectivity index (χ4v) is 2.91. The fraction of sp³-hybridized carbons (Fsp3) is 0.111. The van der Waals surface area contributed by atoms with Crippen LogP contribution in [0, 0.1) is 18.6 Å². The molecule has 2 aromatic carbocycles. The van der Waals surface area contributed by atoms with Crippen molar-refractivity contribution in [1.82, 2.24) is 15.7 Å². The van der Waals surface area contributed by atoms with Crippen LogP contribution in [0.3, 0.4) is 0 Å². The molecule has 3 aromatic rings. The van der Waals surface area contributed by atoms with Gasteiger partial charge in [0, 0.05) is 16.7 Å². The Kier molecular flexibility index (Phi) is 5.21. The number of aromatic hydroxyl groups is 2. The zero-order valence-corrected chi connectivity index (χ0v) is 15.1. The molecule has 0 saturated carbocycles. The van der Waals surface area contributed by atoms with E-state index in [4.69, 9.17) is 16.8 Å². The zero-order valence-electron chi connectivity index (χ0n) is 14.3. The molecule has 7 nitrogen and oxygen atoms in total. The van der Waals surface area contributed by atoms with E-state index in [0.29, 0.717) is 5.56 Å². The Morgan fingerprint density at radius 3 is 2.46 bits per heavy atom. The fourth-order valence-electron chi connectivity index (χ4n) is 2.76. The van der Waals surface area contributed by atoms with Gasteiger partial charge in [0.2, 0.25) is 5.91 Å². The first kappa shape index (κ1) is 19.6. The number of aromatic amines is 1. The molecule has 0 saturated heterocycles. The third-order valence-corrected chi connectivity index (χ3v) is 4.54. The smallest absolute Gasteiger partial charge is 0.247 e. The number of halogens is 3. The lowest BCUT2D eigenvalue weighted by Crippen LogP contribution is -2.21. The van der Waals surface area contributed by atoms with Crippen LogP contribution in [0.5, 0.6) is 11.5 Å². The number of aryl methyl sites for hydroxylation is 1. The number of aromatic nitrogens is 2. The quantitative estimate of drug-likeness (QED) is 0.334. The van der Waals surface area contributed by atoms with Gasteiger partial charge in [-0.2, -0.15) is 5.10 Å². The van der Waals surface area contributed by atoms with Gasteiger partial charge >= 0.3 is 0 Å².